The van der Waals surface area contributed by atoms with Crippen LogP contribution in [-0.4, -0.2) is 21.3 Å². The first-order valence-electron chi connectivity index (χ1n) is 6.09. The van der Waals surface area contributed by atoms with Crippen molar-refractivity contribution in [2.45, 2.75) is 26.2 Å². The fourth-order valence-electron chi connectivity index (χ4n) is 1.89. The van der Waals surface area contributed by atoms with Crippen LogP contribution in [0, 0.1) is 0 Å². The lowest BCUT2D eigenvalue weighted by atomic mass is 10.0. The SMILES string of the molecule is CCCCc1cc(-c2ccccc2C(=O)O)n[nH]1. The Morgan fingerprint density at radius 3 is 2.89 bits per heavy atom. The van der Waals surface area contributed by atoms with E-state index in [0.29, 0.717) is 11.3 Å². The lowest BCUT2D eigenvalue weighted by molar-refractivity contribution is 0.0697. The number of carbonyl (C=O) groups is 1. The van der Waals surface area contributed by atoms with Gasteiger partial charge >= 0.3 is 5.97 Å². The summed E-state index contributed by atoms with van der Waals surface area (Å²) in [5.74, 6) is -0.927. The number of hydrogen-bond acceptors (Lipinski definition) is 2. The van der Waals surface area contributed by atoms with Crippen molar-refractivity contribution in [3.05, 3.63) is 41.6 Å². The van der Waals surface area contributed by atoms with Crippen molar-refractivity contribution >= 4 is 5.97 Å². The summed E-state index contributed by atoms with van der Waals surface area (Å²) in [7, 11) is 0. The molecule has 94 valence electrons. The van der Waals surface area contributed by atoms with Gasteiger partial charge in [0.1, 0.15) is 0 Å². The highest BCUT2D eigenvalue weighted by atomic mass is 16.4. The van der Waals surface area contributed by atoms with Crippen LogP contribution in [0.5, 0.6) is 0 Å². The van der Waals surface area contributed by atoms with Crippen LogP contribution in [0.1, 0.15) is 35.8 Å². The molecular weight excluding hydrogens is 228 g/mol. The van der Waals surface area contributed by atoms with Crippen LogP contribution in [0.2, 0.25) is 0 Å². The third-order valence-corrected chi connectivity index (χ3v) is 2.86. The molecule has 1 aromatic heterocycles. The van der Waals surface area contributed by atoms with Crippen molar-refractivity contribution < 1.29 is 9.90 Å². The van der Waals surface area contributed by atoms with Crippen molar-refractivity contribution in [2.24, 2.45) is 0 Å². The van der Waals surface area contributed by atoms with Gasteiger partial charge < -0.3 is 5.11 Å². The molecule has 0 spiro atoms. The zero-order chi connectivity index (χ0) is 13.0. The van der Waals surface area contributed by atoms with Crippen LogP contribution in [0.4, 0.5) is 0 Å². The number of nitrogens with zero attached hydrogens (tertiary/aromatic N) is 1. The molecule has 4 heteroatoms. The van der Waals surface area contributed by atoms with Gasteiger partial charge in [0.2, 0.25) is 0 Å². The summed E-state index contributed by atoms with van der Waals surface area (Å²) in [5.41, 5.74) is 2.68. The maximum absolute atomic E-state index is 11.1. The van der Waals surface area contributed by atoms with E-state index in [4.69, 9.17) is 5.11 Å². The van der Waals surface area contributed by atoms with Gasteiger partial charge in [0.25, 0.3) is 0 Å². The van der Waals surface area contributed by atoms with Gasteiger partial charge in [0, 0.05) is 11.3 Å². The Bertz CT molecular complexity index is 546. The fraction of sp³-hybridized carbons (Fsp3) is 0.286. The zero-order valence-electron chi connectivity index (χ0n) is 10.3. The molecule has 0 amide bonds. The van der Waals surface area contributed by atoms with Gasteiger partial charge in [-0.1, -0.05) is 31.5 Å². The van der Waals surface area contributed by atoms with E-state index in [1.165, 1.54) is 0 Å². The monoisotopic (exact) mass is 244 g/mol. The van der Waals surface area contributed by atoms with E-state index < -0.39 is 5.97 Å². The van der Waals surface area contributed by atoms with Gasteiger partial charge in [-0.15, -0.1) is 0 Å². The average molecular weight is 244 g/mol. The van der Waals surface area contributed by atoms with Gasteiger partial charge in [0.15, 0.2) is 0 Å². The number of hydrogen-bond donors (Lipinski definition) is 2. The summed E-state index contributed by atoms with van der Waals surface area (Å²) in [5, 5.41) is 16.3. The second kappa shape index (κ2) is 5.49. The van der Waals surface area contributed by atoms with Crippen LogP contribution in [0.3, 0.4) is 0 Å². The Labute approximate surface area is 106 Å². The van der Waals surface area contributed by atoms with Crippen molar-refractivity contribution in [3.63, 3.8) is 0 Å². The molecule has 0 atom stereocenters. The van der Waals surface area contributed by atoms with Crippen molar-refractivity contribution in [1.82, 2.24) is 10.2 Å². The third kappa shape index (κ3) is 2.59. The Balaban J connectivity index is 2.31. The maximum atomic E-state index is 11.1. The predicted molar refractivity (Wildman–Crippen MR) is 69.6 cm³/mol. The van der Waals surface area contributed by atoms with E-state index in [0.717, 1.165) is 25.0 Å². The quantitative estimate of drug-likeness (QED) is 0.849. The van der Waals surface area contributed by atoms with Crippen molar-refractivity contribution in [3.8, 4) is 11.3 Å². The smallest absolute Gasteiger partial charge is 0.336 e. The number of aryl methyl sites for hydroxylation is 1. The highest BCUT2D eigenvalue weighted by Gasteiger charge is 2.13. The Hall–Kier alpha value is -2.10. The standard InChI is InChI=1S/C14H16N2O2/c1-2-3-6-10-9-13(16-15-10)11-7-4-5-8-12(11)14(17)18/h4-5,7-9H,2-3,6H2,1H3,(H,15,16)(H,17,18). The molecule has 0 saturated heterocycles. The first kappa shape index (κ1) is 12.4. The fourth-order valence-corrected chi connectivity index (χ4v) is 1.89. The number of unbranched alkanes of at least 4 members (excludes halogenated alkanes) is 1. The molecule has 0 aliphatic rings. The minimum absolute atomic E-state index is 0.283. The molecule has 0 radical (unpaired) electrons. The molecular formula is C14H16N2O2. The molecule has 4 nitrogen and oxygen atoms in total. The third-order valence-electron chi connectivity index (χ3n) is 2.86. The highest BCUT2D eigenvalue weighted by molar-refractivity contribution is 5.95. The van der Waals surface area contributed by atoms with Gasteiger partial charge in [-0.25, -0.2) is 4.79 Å². The molecule has 2 rings (SSSR count). The number of aromatic amines is 1. The number of H-pyrrole nitrogens is 1. The van der Waals surface area contributed by atoms with Crippen molar-refractivity contribution in [1.29, 1.82) is 0 Å². The largest absolute Gasteiger partial charge is 0.478 e. The van der Waals surface area contributed by atoms with Crippen LogP contribution >= 0.6 is 0 Å². The summed E-state index contributed by atoms with van der Waals surface area (Å²) in [6.45, 7) is 2.14. The second-order valence-electron chi connectivity index (χ2n) is 4.23. The van der Waals surface area contributed by atoms with Gasteiger partial charge in [0.05, 0.1) is 11.3 Å². The molecule has 18 heavy (non-hydrogen) atoms. The van der Waals surface area contributed by atoms with Crippen LogP contribution in [-0.2, 0) is 6.42 Å². The molecule has 0 aliphatic carbocycles. The summed E-state index contributed by atoms with van der Waals surface area (Å²) in [4.78, 5) is 11.1. The molecule has 0 aliphatic heterocycles. The number of aromatic carboxylic acids is 1. The molecule has 2 aromatic rings. The average Bonchev–Trinajstić information content (AvgIpc) is 2.85. The predicted octanol–water partition coefficient (Wildman–Crippen LogP) is 3.12. The molecule has 0 bridgehead atoms. The van der Waals surface area contributed by atoms with E-state index in [1.54, 1.807) is 18.2 Å². The minimum Gasteiger partial charge on any atom is -0.478 e. The molecule has 0 fully saturated rings. The molecule has 2 N–H and O–H groups in total. The Morgan fingerprint density at radius 2 is 2.17 bits per heavy atom. The number of carboxylic acids is 1. The summed E-state index contributed by atoms with van der Waals surface area (Å²) in [6.07, 6.45) is 3.17. The number of nitrogens with one attached hydrogen (secondary N) is 1. The lowest BCUT2D eigenvalue weighted by Gasteiger charge is -2.01. The van der Waals surface area contributed by atoms with E-state index >= 15 is 0 Å². The normalized spacial score (nSPS) is 10.5. The number of benzene rings is 1. The highest BCUT2D eigenvalue weighted by Crippen LogP contribution is 2.22. The van der Waals surface area contributed by atoms with E-state index in [9.17, 15) is 4.79 Å². The second-order valence-corrected chi connectivity index (χ2v) is 4.23. The van der Waals surface area contributed by atoms with Crippen molar-refractivity contribution in [2.75, 3.05) is 0 Å². The topological polar surface area (TPSA) is 66.0 Å². The Kier molecular flexibility index (Phi) is 3.77. The Morgan fingerprint density at radius 1 is 1.39 bits per heavy atom. The summed E-state index contributed by atoms with van der Waals surface area (Å²) >= 11 is 0. The summed E-state index contributed by atoms with van der Waals surface area (Å²) < 4.78 is 0. The molecule has 0 saturated carbocycles. The van der Waals surface area contributed by atoms with Gasteiger partial charge in [-0.2, -0.15) is 5.10 Å². The lowest BCUT2D eigenvalue weighted by Crippen LogP contribution is -1.99. The van der Waals surface area contributed by atoms with E-state index in [-0.39, 0.29) is 5.56 Å². The summed E-state index contributed by atoms with van der Waals surface area (Å²) in [6, 6.07) is 8.85. The minimum atomic E-state index is -0.927. The number of rotatable bonds is 5. The first-order valence-corrected chi connectivity index (χ1v) is 6.09. The molecule has 1 heterocycles. The van der Waals surface area contributed by atoms with E-state index in [1.807, 2.05) is 12.1 Å². The van der Waals surface area contributed by atoms with Crippen LogP contribution in [0.25, 0.3) is 11.3 Å². The zero-order valence-corrected chi connectivity index (χ0v) is 10.3. The molecule has 1 aromatic carbocycles. The van der Waals surface area contributed by atoms with E-state index in [2.05, 4.69) is 17.1 Å². The van der Waals surface area contributed by atoms with Gasteiger partial charge in [-0.3, -0.25) is 5.10 Å². The van der Waals surface area contributed by atoms with Crippen LogP contribution < -0.4 is 0 Å². The first-order chi connectivity index (χ1) is 8.72. The number of carboxylic acid groups (broad SMARTS) is 1. The number of aromatic nitrogens is 2. The van der Waals surface area contributed by atoms with Gasteiger partial charge in [-0.05, 0) is 25.0 Å². The molecule has 0 unspecified atom stereocenters. The maximum Gasteiger partial charge on any atom is 0.336 e. The van der Waals surface area contributed by atoms with Crippen LogP contribution in [0.15, 0.2) is 30.3 Å².